The summed E-state index contributed by atoms with van der Waals surface area (Å²) in [5.41, 5.74) is 3.63. The van der Waals surface area contributed by atoms with E-state index in [4.69, 9.17) is 9.47 Å². The standard InChI is InChI=1S/C27H28O4/c1-5-12-22-17-19(4)24(30-26(28)20-13-8-6-9-14-20)25(23(22)18(2)3)31-27(29)21-15-10-7-11-16-21/h6-11,13-18H,5,12H2,1-4H3. The Hall–Kier alpha value is -3.40. The molecule has 0 saturated carbocycles. The SMILES string of the molecule is CCCc1cc(C)c(OC(=O)c2ccccc2)c(OC(=O)c2ccccc2)c1C(C)C. The van der Waals surface area contributed by atoms with Gasteiger partial charge in [0.05, 0.1) is 11.1 Å². The molecule has 0 aliphatic carbocycles. The molecule has 0 aliphatic heterocycles. The molecule has 0 radical (unpaired) electrons. The minimum atomic E-state index is -0.487. The third kappa shape index (κ3) is 5.21. The van der Waals surface area contributed by atoms with Crippen LogP contribution < -0.4 is 9.47 Å². The van der Waals surface area contributed by atoms with Crippen LogP contribution in [0.1, 0.15) is 70.5 Å². The first-order valence-electron chi connectivity index (χ1n) is 10.6. The average molecular weight is 417 g/mol. The van der Waals surface area contributed by atoms with Gasteiger partial charge in [0.2, 0.25) is 0 Å². The number of aryl methyl sites for hydroxylation is 2. The number of hydrogen-bond acceptors (Lipinski definition) is 4. The molecule has 3 aromatic rings. The van der Waals surface area contributed by atoms with E-state index in [-0.39, 0.29) is 5.92 Å². The molecule has 0 N–H and O–H groups in total. The predicted molar refractivity (Wildman–Crippen MR) is 122 cm³/mol. The van der Waals surface area contributed by atoms with Gasteiger partial charge < -0.3 is 9.47 Å². The maximum Gasteiger partial charge on any atom is 0.343 e. The van der Waals surface area contributed by atoms with Crippen molar-refractivity contribution in [2.45, 2.75) is 46.5 Å². The summed E-state index contributed by atoms with van der Waals surface area (Å²) in [5.74, 6) is -0.264. The van der Waals surface area contributed by atoms with Gasteiger partial charge in [0.25, 0.3) is 0 Å². The first-order chi connectivity index (χ1) is 14.9. The number of carbonyl (C=O) groups excluding carboxylic acids is 2. The largest absolute Gasteiger partial charge is 0.419 e. The van der Waals surface area contributed by atoms with Gasteiger partial charge in [0.15, 0.2) is 11.5 Å². The quantitative estimate of drug-likeness (QED) is 0.325. The monoisotopic (exact) mass is 416 g/mol. The lowest BCUT2D eigenvalue weighted by Crippen LogP contribution is -2.16. The van der Waals surface area contributed by atoms with Crippen molar-refractivity contribution in [3.63, 3.8) is 0 Å². The minimum Gasteiger partial charge on any atom is -0.419 e. The molecular formula is C27H28O4. The lowest BCUT2D eigenvalue weighted by atomic mass is 9.91. The molecule has 0 atom stereocenters. The minimum absolute atomic E-state index is 0.0786. The first kappa shape index (κ1) is 22.3. The zero-order valence-electron chi connectivity index (χ0n) is 18.5. The Labute approximate surface area is 183 Å². The maximum absolute atomic E-state index is 12.9. The van der Waals surface area contributed by atoms with Crippen molar-refractivity contribution in [3.05, 3.63) is 94.5 Å². The van der Waals surface area contributed by atoms with Gasteiger partial charge in [-0.25, -0.2) is 9.59 Å². The summed E-state index contributed by atoms with van der Waals surface area (Å²) in [4.78, 5) is 25.7. The van der Waals surface area contributed by atoms with Gasteiger partial charge in [-0.3, -0.25) is 0 Å². The van der Waals surface area contributed by atoms with Crippen LogP contribution in [0.3, 0.4) is 0 Å². The van der Waals surface area contributed by atoms with Crippen LogP contribution in [0, 0.1) is 6.92 Å². The highest BCUT2D eigenvalue weighted by Gasteiger charge is 2.25. The van der Waals surface area contributed by atoms with E-state index >= 15 is 0 Å². The van der Waals surface area contributed by atoms with E-state index in [1.165, 1.54) is 0 Å². The highest BCUT2D eigenvalue weighted by molar-refractivity contribution is 5.93. The molecule has 0 fully saturated rings. The summed E-state index contributed by atoms with van der Waals surface area (Å²) in [6.07, 6.45) is 1.80. The Morgan fingerprint density at radius 3 is 1.74 bits per heavy atom. The molecule has 4 nitrogen and oxygen atoms in total. The Morgan fingerprint density at radius 1 is 0.806 bits per heavy atom. The van der Waals surface area contributed by atoms with E-state index in [0.717, 1.165) is 29.5 Å². The summed E-state index contributed by atoms with van der Waals surface area (Å²) in [6, 6.07) is 19.7. The Morgan fingerprint density at radius 2 is 1.29 bits per heavy atom. The van der Waals surface area contributed by atoms with Gasteiger partial charge >= 0.3 is 11.9 Å². The second-order valence-corrected chi connectivity index (χ2v) is 7.84. The summed E-state index contributed by atoms with van der Waals surface area (Å²) < 4.78 is 11.7. The summed E-state index contributed by atoms with van der Waals surface area (Å²) >= 11 is 0. The maximum atomic E-state index is 12.9. The van der Waals surface area contributed by atoms with E-state index in [1.807, 2.05) is 39.0 Å². The van der Waals surface area contributed by atoms with Crippen LogP contribution in [0.15, 0.2) is 66.7 Å². The smallest absolute Gasteiger partial charge is 0.343 e. The van der Waals surface area contributed by atoms with E-state index in [2.05, 4.69) is 6.92 Å². The van der Waals surface area contributed by atoms with Crippen molar-refractivity contribution in [1.82, 2.24) is 0 Å². The first-order valence-corrected chi connectivity index (χ1v) is 10.6. The summed E-state index contributed by atoms with van der Waals surface area (Å²) in [5, 5.41) is 0. The molecule has 3 rings (SSSR count). The van der Waals surface area contributed by atoms with E-state index in [9.17, 15) is 9.59 Å². The fourth-order valence-electron chi connectivity index (χ4n) is 3.64. The number of rotatable bonds is 7. The molecule has 0 heterocycles. The predicted octanol–water partition coefficient (Wildman–Crippen LogP) is 6.51. The molecule has 0 aromatic heterocycles. The molecule has 4 heteroatoms. The molecule has 31 heavy (non-hydrogen) atoms. The van der Waals surface area contributed by atoms with Crippen molar-refractivity contribution in [2.75, 3.05) is 0 Å². The Balaban J connectivity index is 2.10. The number of esters is 2. The highest BCUT2D eigenvalue weighted by Crippen LogP contribution is 2.42. The summed E-state index contributed by atoms with van der Waals surface area (Å²) in [6.45, 7) is 8.08. The van der Waals surface area contributed by atoms with E-state index < -0.39 is 11.9 Å². The van der Waals surface area contributed by atoms with Crippen LogP contribution in [-0.4, -0.2) is 11.9 Å². The van der Waals surface area contributed by atoms with Gasteiger partial charge in [-0.05, 0) is 54.7 Å². The molecule has 0 aliphatic rings. The molecular weight excluding hydrogens is 388 g/mol. The van der Waals surface area contributed by atoms with Gasteiger partial charge in [-0.2, -0.15) is 0 Å². The number of ether oxygens (including phenoxy) is 2. The molecule has 0 amide bonds. The Bertz CT molecular complexity index is 1050. The topological polar surface area (TPSA) is 52.6 Å². The van der Waals surface area contributed by atoms with Crippen molar-refractivity contribution in [2.24, 2.45) is 0 Å². The van der Waals surface area contributed by atoms with Crippen LogP contribution in [-0.2, 0) is 6.42 Å². The second kappa shape index (κ2) is 10.1. The van der Waals surface area contributed by atoms with Gasteiger partial charge in [-0.15, -0.1) is 0 Å². The number of carbonyl (C=O) groups is 2. The Kier molecular flexibility index (Phi) is 7.24. The van der Waals surface area contributed by atoms with Gasteiger partial charge in [-0.1, -0.05) is 69.7 Å². The van der Waals surface area contributed by atoms with E-state index in [0.29, 0.717) is 22.6 Å². The van der Waals surface area contributed by atoms with Crippen LogP contribution in [0.25, 0.3) is 0 Å². The normalized spacial score (nSPS) is 10.7. The van der Waals surface area contributed by atoms with Crippen molar-refractivity contribution in [1.29, 1.82) is 0 Å². The van der Waals surface area contributed by atoms with E-state index in [1.54, 1.807) is 48.5 Å². The lowest BCUT2D eigenvalue weighted by Gasteiger charge is -2.22. The third-order valence-electron chi connectivity index (χ3n) is 5.05. The number of benzene rings is 3. The summed E-state index contributed by atoms with van der Waals surface area (Å²) in [7, 11) is 0. The number of hydrogen-bond donors (Lipinski definition) is 0. The van der Waals surface area contributed by atoms with Gasteiger partial charge in [0, 0.05) is 5.56 Å². The molecule has 3 aromatic carbocycles. The molecule has 0 bridgehead atoms. The fourth-order valence-corrected chi connectivity index (χ4v) is 3.64. The van der Waals surface area contributed by atoms with Crippen LogP contribution in [0.4, 0.5) is 0 Å². The second-order valence-electron chi connectivity index (χ2n) is 7.84. The van der Waals surface area contributed by atoms with Crippen LogP contribution in [0.2, 0.25) is 0 Å². The zero-order chi connectivity index (χ0) is 22.4. The van der Waals surface area contributed by atoms with Gasteiger partial charge in [0.1, 0.15) is 0 Å². The molecule has 0 unspecified atom stereocenters. The zero-order valence-corrected chi connectivity index (χ0v) is 18.5. The highest BCUT2D eigenvalue weighted by atomic mass is 16.6. The molecule has 0 saturated heterocycles. The molecule has 160 valence electrons. The fraction of sp³-hybridized carbons (Fsp3) is 0.259. The molecule has 0 spiro atoms. The third-order valence-corrected chi connectivity index (χ3v) is 5.05. The lowest BCUT2D eigenvalue weighted by molar-refractivity contribution is 0.0679. The average Bonchev–Trinajstić information content (AvgIpc) is 2.77. The van der Waals surface area contributed by atoms with Crippen LogP contribution >= 0.6 is 0 Å². The van der Waals surface area contributed by atoms with Crippen molar-refractivity contribution in [3.8, 4) is 11.5 Å². The van der Waals surface area contributed by atoms with Crippen molar-refractivity contribution < 1.29 is 19.1 Å². The van der Waals surface area contributed by atoms with Crippen LogP contribution in [0.5, 0.6) is 11.5 Å². The van der Waals surface area contributed by atoms with Crippen molar-refractivity contribution >= 4 is 11.9 Å².